The highest BCUT2D eigenvalue weighted by atomic mass is 32.2. The molecule has 0 radical (unpaired) electrons. The molecule has 1 saturated heterocycles. The minimum atomic E-state index is -3.80. The molecular formula is C23H26N4O6S. The van der Waals surface area contributed by atoms with Crippen molar-refractivity contribution in [3.05, 3.63) is 58.5 Å². The fraction of sp³-hybridized carbons (Fsp3) is 0.391. The third-order valence-electron chi connectivity index (χ3n) is 6.30. The van der Waals surface area contributed by atoms with Crippen LogP contribution in [-0.4, -0.2) is 71.4 Å². The summed E-state index contributed by atoms with van der Waals surface area (Å²) < 4.78 is 37.9. The van der Waals surface area contributed by atoms with Gasteiger partial charge in [-0.3, -0.25) is 14.3 Å². The van der Waals surface area contributed by atoms with E-state index >= 15 is 0 Å². The van der Waals surface area contributed by atoms with Crippen LogP contribution in [0.5, 0.6) is 11.5 Å². The third-order valence-corrected chi connectivity index (χ3v) is 7.94. The number of carbonyl (C=O) groups excluding carboxylic acids is 1. The van der Waals surface area contributed by atoms with Gasteiger partial charge in [-0.15, -0.1) is 0 Å². The Morgan fingerprint density at radius 2 is 1.68 bits per heavy atom. The Kier molecular flexibility index (Phi) is 5.82. The number of piperazine rings is 1. The molecule has 2 aromatic carbocycles. The van der Waals surface area contributed by atoms with Crippen molar-refractivity contribution >= 4 is 27.0 Å². The summed E-state index contributed by atoms with van der Waals surface area (Å²) in [5, 5.41) is 0. The summed E-state index contributed by atoms with van der Waals surface area (Å²) in [5.41, 5.74) is 1.12. The first-order valence-corrected chi connectivity index (χ1v) is 12.8. The standard InChI is InChI=1S/C23H26N4O6S/c1-2-34(30,31)27-19-6-4-3-5-18(19)26(23(27)29)15-22(28)25-11-9-24(10-12-25)14-17-7-8-20-21(13-17)33-16-32-20/h3-8,13H,2,9-12,14-16H2,1H3. The normalized spacial score (nSPS) is 16.3. The summed E-state index contributed by atoms with van der Waals surface area (Å²) >= 11 is 0. The molecule has 34 heavy (non-hydrogen) atoms. The first-order valence-electron chi connectivity index (χ1n) is 11.2. The van der Waals surface area contributed by atoms with Crippen molar-refractivity contribution in [3.8, 4) is 11.5 Å². The molecule has 1 amide bonds. The number of aromatic nitrogens is 2. The van der Waals surface area contributed by atoms with Crippen molar-refractivity contribution in [1.82, 2.24) is 18.3 Å². The molecule has 0 spiro atoms. The number of imidazole rings is 1. The Labute approximate surface area is 196 Å². The van der Waals surface area contributed by atoms with E-state index in [0.29, 0.717) is 31.7 Å². The van der Waals surface area contributed by atoms with Crippen LogP contribution in [0.1, 0.15) is 12.5 Å². The summed E-state index contributed by atoms with van der Waals surface area (Å²) in [7, 11) is -3.80. The Hall–Kier alpha value is -3.31. The highest BCUT2D eigenvalue weighted by molar-refractivity contribution is 7.90. The van der Waals surface area contributed by atoms with Crippen LogP contribution in [0.25, 0.3) is 11.0 Å². The largest absolute Gasteiger partial charge is 0.454 e. The highest BCUT2D eigenvalue weighted by Crippen LogP contribution is 2.32. The number of benzene rings is 2. The van der Waals surface area contributed by atoms with Gasteiger partial charge in [0, 0.05) is 32.7 Å². The Morgan fingerprint density at radius 1 is 0.971 bits per heavy atom. The molecule has 0 aliphatic carbocycles. The van der Waals surface area contributed by atoms with Crippen molar-refractivity contribution in [1.29, 1.82) is 0 Å². The second-order valence-electron chi connectivity index (χ2n) is 8.37. The van der Waals surface area contributed by atoms with Gasteiger partial charge in [-0.05, 0) is 36.8 Å². The lowest BCUT2D eigenvalue weighted by molar-refractivity contribution is -0.133. The maximum Gasteiger partial charge on any atom is 0.343 e. The summed E-state index contributed by atoms with van der Waals surface area (Å²) in [6.07, 6.45) is 0. The molecule has 5 rings (SSSR count). The number of nitrogens with zero attached hydrogens (tertiary/aromatic N) is 4. The zero-order chi connectivity index (χ0) is 23.9. The van der Waals surface area contributed by atoms with Gasteiger partial charge in [-0.1, -0.05) is 18.2 Å². The van der Waals surface area contributed by atoms with Crippen molar-refractivity contribution in [2.24, 2.45) is 0 Å². The van der Waals surface area contributed by atoms with Crippen molar-refractivity contribution in [3.63, 3.8) is 0 Å². The molecule has 3 aromatic rings. The fourth-order valence-corrected chi connectivity index (χ4v) is 5.47. The molecule has 0 atom stereocenters. The molecule has 0 unspecified atom stereocenters. The van der Waals surface area contributed by atoms with Gasteiger partial charge in [0.1, 0.15) is 6.54 Å². The van der Waals surface area contributed by atoms with E-state index < -0.39 is 15.7 Å². The maximum atomic E-state index is 13.0. The molecule has 3 heterocycles. The molecule has 1 aromatic heterocycles. The number of ether oxygens (including phenoxy) is 2. The predicted molar refractivity (Wildman–Crippen MR) is 125 cm³/mol. The Balaban J connectivity index is 1.27. The van der Waals surface area contributed by atoms with Gasteiger partial charge >= 0.3 is 5.69 Å². The van der Waals surface area contributed by atoms with Crippen molar-refractivity contribution in [2.75, 3.05) is 38.7 Å². The quantitative estimate of drug-likeness (QED) is 0.514. The van der Waals surface area contributed by atoms with E-state index in [1.165, 1.54) is 11.5 Å². The van der Waals surface area contributed by atoms with Crippen LogP contribution in [0.3, 0.4) is 0 Å². The van der Waals surface area contributed by atoms with E-state index in [0.717, 1.165) is 27.6 Å². The average Bonchev–Trinajstić information content (AvgIpc) is 3.42. The molecule has 10 nitrogen and oxygen atoms in total. The third kappa shape index (κ3) is 4.05. The molecular weight excluding hydrogens is 460 g/mol. The van der Waals surface area contributed by atoms with Crippen LogP contribution in [0.2, 0.25) is 0 Å². The lowest BCUT2D eigenvalue weighted by Crippen LogP contribution is -2.49. The van der Waals surface area contributed by atoms with Gasteiger partial charge < -0.3 is 14.4 Å². The summed E-state index contributed by atoms with van der Waals surface area (Å²) in [6.45, 7) is 4.72. The van der Waals surface area contributed by atoms with Gasteiger partial charge in [0.2, 0.25) is 22.7 Å². The van der Waals surface area contributed by atoms with Crippen molar-refractivity contribution in [2.45, 2.75) is 20.0 Å². The van der Waals surface area contributed by atoms with E-state index in [-0.39, 0.29) is 30.5 Å². The molecule has 2 aliphatic rings. The topological polar surface area (TPSA) is 103 Å². The number of hydrogen-bond donors (Lipinski definition) is 0. The number of amides is 1. The van der Waals surface area contributed by atoms with Crippen LogP contribution >= 0.6 is 0 Å². The van der Waals surface area contributed by atoms with Gasteiger partial charge in [-0.25, -0.2) is 13.2 Å². The summed E-state index contributed by atoms with van der Waals surface area (Å²) in [5.74, 6) is 1.09. The van der Waals surface area contributed by atoms with Gasteiger partial charge in [0.15, 0.2) is 11.5 Å². The first kappa shape index (κ1) is 22.5. The average molecular weight is 487 g/mol. The van der Waals surface area contributed by atoms with E-state index in [4.69, 9.17) is 9.47 Å². The van der Waals surface area contributed by atoms with E-state index in [9.17, 15) is 18.0 Å². The SMILES string of the molecule is CCS(=O)(=O)n1c(=O)n(CC(=O)N2CCN(Cc3ccc4c(c3)OCO4)CC2)c2ccccc21. The first-order chi connectivity index (χ1) is 16.4. The second-order valence-corrected chi connectivity index (χ2v) is 10.5. The number of hydrogen-bond acceptors (Lipinski definition) is 7. The molecule has 2 aliphatic heterocycles. The monoisotopic (exact) mass is 486 g/mol. The molecule has 11 heteroatoms. The fourth-order valence-electron chi connectivity index (χ4n) is 4.42. The summed E-state index contributed by atoms with van der Waals surface area (Å²) in [4.78, 5) is 30.0. The predicted octanol–water partition coefficient (Wildman–Crippen LogP) is 1.07. The van der Waals surface area contributed by atoms with Gasteiger partial charge in [0.05, 0.1) is 16.8 Å². The van der Waals surface area contributed by atoms with Crippen molar-refractivity contribution < 1.29 is 22.7 Å². The maximum absolute atomic E-state index is 13.0. The van der Waals surface area contributed by atoms with Crippen LogP contribution in [0.4, 0.5) is 0 Å². The Bertz CT molecular complexity index is 1400. The molecule has 0 bridgehead atoms. The lowest BCUT2D eigenvalue weighted by Gasteiger charge is -2.34. The molecule has 0 saturated carbocycles. The van der Waals surface area contributed by atoms with Gasteiger partial charge in [0.25, 0.3) is 0 Å². The number of para-hydroxylation sites is 2. The summed E-state index contributed by atoms with van der Waals surface area (Å²) in [6, 6.07) is 12.5. The molecule has 180 valence electrons. The number of fused-ring (bicyclic) bond motifs is 2. The number of rotatable bonds is 6. The minimum absolute atomic E-state index is 0.201. The van der Waals surface area contributed by atoms with Crippen LogP contribution in [0, 0.1) is 0 Å². The number of carbonyl (C=O) groups is 1. The zero-order valence-electron chi connectivity index (χ0n) is 18.8. The molecule has 0 N–H and O–H groups in total. The van der Waals surface area contributed by atoms with E-state index in [1.54, 1.807) is 29.2 Å². The highest BCUT2D eigenvalue weighted by Gasteiger charge is 2.26. The molecule has 1 fully saturated rings. The smallest absolute Gasteiger partial charge is 0.343 e. The Morgan fingerprint density at radius 3 is 2.41 bits per heavy atom. The minimum Gasteiger partial charge on any atom is -0.454 e. The van der Waals surface area contributed by atoms with E-state index in [1.807, 2.05) is 18.2 Å². The van der Waals surface area contributed by atoms with Gasteiger partial charge in [-0.2, -0.15) is 3.97 Å². The lowest BCUT2D eigenvalue weighted by atomic mass is 10.1. The van der Waals surface area contributed by atoms with Crippen LogP contribution in [-0.2, 0) is 27.9 Å². The second kappa shape index (κ2) is 8.80. The van der Waals surface area contributed by atoms with E-state index in [2.05, 4.69) is 4.90 Å². The van der Waals surface area contributed by atoms with Crippen LogP contribution in [0.15, 0.2) is 47.3 Å². The van der Waals surface area contributed by atoms with Crippen LogP contribution < -0.4 is 15.2 Å². The zero-order valence-corrected chi connectivity index (χ0v) is 19.7.